The third-order valence-electron chi connectivity index (χ3n) is 5.86. The van der Waals surface area contributed by atoms with Gasteiger partial charge in [-0.3, -0.25) is 4.79 Å². The molecular weight excluding hydrogens is 418 g/mol. The molecule has 3 aromatic heterocycles. The molecule has 1 aromatic carbocycles. The third-order valence-corrected chi connectivity index (χ3v) is 5.86. The van der Waals surface area contributed by atoms with E-state index in [1.54, 1.807) is 19.6 Å². The first kappa shape index (κ1) is 20.7. The van der Waals surface area contributed by atoms with Gasteiger partial charge in [-0.25, -0.2) is 15.0 Å². The van der Waals surface area contributed by atoms with E-state index >= 15 is 0 Å². The van der Waals surface area contributed by atoms with Crippen molar-refractivity contribution in [3.63, 3.8) is 0 Å². The van der Waals surface area contributed by atoms with Gasteiger partial charge in [0, 0.05) is 18.3 Å². The van der Waals surface area contributed by atoms with E-state index in [4.69, 9.17) is 10.5 Å². The number of imidazole rings is 1. The maximum Gasteiger partial charge on any atom is 0.259 e. The van der Waals surface area contributed by atoms with Gasteiger partial charge in [0.25, 0.3) is 5.91 Å². The Morgan fingerprint density at radius 1 is 1.27 bits per heavy atom. The number of hydrogen-bond acceptors (Lipinski definition) is 6. The zero-order valence-corrected chi connectivity index (χ0v) is 18.3. The fourth-order valence-corrected chi connectivity index (χ4v) is 3.90. The minimum absolute atomic E-state index is 0.183. The SMILES string of the molecule is COCc1ccc(NC(=O)c2c(C#Cc3cnc[nH]3)n(C3(C)CC3)c3ncnc(N)c23)cc1. The first-order valence-corrected chi connectivity index (χ1v) is 10.5. The Bertz CT molecular complexity index is 1390. The zero-order valence-electron chi connectivity index (χ0n) is 18.3. The number of hydrogen-bond donors (Lipinski definition) is 3. The van der Waals surface area contributed by atoms with E-state index in [-0.39, 0.29) is 17.3 Å². The summed E-state index contributed by atoms with van der Waals surface area (Å²) >= 11 is 0. The average molecular weight is 441 g/mol. The van der Waals surface area contributed by atoms with Gasteiger partial charge in [-0.15, -0.1) is 0 Å². The van der Waals surface area contributed by atoms with Gasteiger partial charge in [0.1, 0.15) is 29.2 Å². The third kappa shape index (κ3) is 3.81. The van der Waals surface area contributed by atoms with Crippen molar-refractivity contribution in [1.82, 2.24) is 24.5 Å². The molecule has 4 aromatic rings. The van der Waals surface area contributed by atoms with E-state index in [1.165, 1.54) is 6.33 Å². The van der Waals surface area contributed by atoms with E-state index < -0.39 is 0 Å². The zero-order chi connectivity index (χ0) is 23.0. The van der Waals surface area contributed by atoms with Crippen LogP contribution in [0.2, 0.25) is 0 Å². The number of nitrogens with one attached hydrogen (secondary N) is 2. The lowest BCUT2D eigenvalue weighted by atomic mass is 10.1. The van der Waals surface area contributed by atoms with Crippen LogP contribution in [0.5, 0.6) is 0 Å². The fraction of sp³-hybridized carbons (Fsp3) is 0.250. The largest absolute Gasteiger partial charge is 0.383 e. The van der Waals surface area contributed by atoms with Crippen molar-refractivity contribution in [3.8, 4) is 11.8 Å². The first-order chi connectivity index (χ1) is 16.0. The highest BCUT2D eigenvalue weighted by Gasteiger charge is 2.43. The molecule has 3 heterocycles. The van der Waals surface area contributed by atoms with Crippen molar-refractivity contribution in [2.45, 2.75) is 31.9 Å². The predicted molar refractivity (Wildman–Crippen MR) is 124 cm³/mol. The molecule has 0 atom stereocenters. The van der Waals surface area contributed by atoms with Gasteiger partial charge < -0.3 is 25.3 Å². The molecule has 33 heavy (non-hydrogen) atoms. The van der Waals surface area contributed by atoms with Gasteiger partial charge in [-0.2, -0.15) is 0 Å². The summed E-state index contributed by atoms with van der Waals surface area (Å²) in [5.41, 5.74) is 9.91. The van der Waals surface area contributed by atoms with Crippen LogP contribution in [-0.4, -0.2) is 37.5 Å². The minimum atomic E-state index is -0.321. The molecule has 9 heteroatoms. The molecule has 9 nitrogen and oxygen atoms in total. The summed E-state index contributed by atoms with van der Waals surface area (Å²) in [7, 11) is 1.64. The number of nitrogens with zero attached hydrogens (tertiary/aromatic N) is 4. The van der Waals surface area contributed by atoms with E-state index in [0.29, 0.717) is 40.3 Å². The molecule has 1 saturated carbocycles. The molecule has 1 amide bonds. The minimum Gasteiger partial charge on any atom is -0.383 e. The van der Waals surface area contributed by atoms with Crippen LogP contribution < -0.4 is 11.1 Å². The summed E-state index contributed by atoms with van der Waals surface area (Å²) in [6.07, 6.45) is 6.53. The molecule has 0 radical (unpaired) electrons. The van der Waals surface area contributed by atoms with Gasteiger partial charge in [0.05, 0.1) is 30.1 Å². The Balaban J connectivity index is 1.65. The monoisotopic (exact) mass is 441 g/mol. The number of ether oxygens (including phenoxy) is 1. The number of amides is 1. The molecule has 0 saturated heterocycles. The lowest BCUT2D eigenvalue weighted by molar-refractivity contribution is 0.102. The lowest BCUT2D eigenvalue weighted by Gasteiger charge is -2.14. The van der Waals surface area contributed by atoms with Crippen molar-refractivity contribution in [3.05, 3.63) is 65.6 Å². The Morgan fingerprint density at radius 3 is 2.73 bits per heavy atom. The molecular formula is C24H23N7O2. The number of fused-ring (bicyclic) bond motifs is 1. The van der Waals surface area contributed by atoms with Crippen LogP contribution in [0.4, 0.5) is 11.5 Å². The second-order valence-corrected chi connectivity index (χ2v) is 8.31. The molecule has 1 aliphatic rings. The number of benzene rings is 1. The van der Waals surface area contributed by atoms with Crippen LogP contribution in [0.25, 0.3) is 11.0 Å². The van der Waals surface area contributed by atoms with Crippen LogP contribution >= 0.6 is 0 Å². The molecule has 1 fully saturated rings. The van der Waals surface area contributed by atoms with Gasteiger partial charge >= 0.3 is 0 Å². The Morgan fingerprint density at radius 2 is 2.06 bits per heavy atom. The second-order valence-electron chi connectivity index (χ2n) is 8.31. The van der Waals surface area contributed by atoms with Gasteiger partial charge in [0.15, 0.2) is 0 Å². The number of rotatable bonds is 5. The quantitative estimate of drug-likeness (QED) is 0.409. The average Bonchev–Trinajstić information content (AvgIpc) is 3.21. The highest BCUT2D eigenvalue weighted by atomic mass is 16.5. The first-order valence-electron chi connectivity index (χ1n) is 10.5. The van der Waals surface area contributed by atoms with E-state index in [9.17, 15) is 4.79 Å². The van der Waals surface area contributed by atoms with Crippen LogP contribution in [0, 0.1) is 11.8 Å². The Hall–Kier alpha value is -4.16. The molecule has 166 valence electrons. The van der Waals surface area contributed by atoms with Crippen LogP contribution in [0.1, 0.15) is 47.1 Å². The number of nitrogens with two attached hydrogens (primary N) is 1. The molecule has 0 unspecified atom stereocenters. The molecule has 4 N–H and O–H groups in total. The number of carbonyl (C=O) groups excluding carboxylic acids is 1. The highest BCUT2D eigenvalue weighted by molar-refractivity contribution is 6.16. The number of aromatic amines is 1. The van der Waals surface area contributed by atoms with Crippen molar-refractivity contribution in [2.24, 2.45) is 0 Å². The number of anilines is 2. The smallest absolute Gasteiger partial charge is 0.259 e. The van der Waals surface area contributed by atoms with Crippen LogP contribution in [-0.2, 0) is 16.9 Å². The molecule has 0 aliphatic heterocycles. The number of aromatic nitrogens is 5. The lowest BCUT2D eigenvalue weighted by Crippen LogP contribution is -2.18. The van der Waals surface area contributed by atoms with Gasteiger partial charge in [-0.05, 0) is 49.3 Å². The summed E-state index contributed by atoms with van der Waals surface area (Å²) in [6.45, 7) is 2.63. The van der Waals surface area contributed by atoms with Crippen molar-refractivity contribution in [1.29, 1.82) is 0 Å². The molecule has 1 aliphatic carbocycles. The van der Waals surface area contributed by atoms with Crippen molar-refractivity contribution < 1.29 is 9.53 Å². The Kier molecular flexibility index (Phi) is 5.07. The van der Waals surface area contributed by atoms with E-state index in [2.05, 4.69) is 44.0 Å². The number of H-pyrrole nitrogens is 1. The number of nitrogen functional groups attached to an aromatic ring is 1. The summed E-state index contributed by atoms with van der Waals surface area (Å²) < 4.78 is 7.18. The molecule has 5 rings (SSSR count). The van der Waals surface area contributed by atoms with Crippen LogP contribution in [0.3, 0.4) is 0 Å². The standard InChI is InChI=1S/C24H23N7O2/c1-24(9-10-24)31-18(8-7-17-11-26-13-27-17)19(20-21(25)28-14-29-22(20)31)23(32)30-16-5-3-15(4-6-16)12-33-2/h3-6,11,13-14H,9-10,12H2,1-2H3,(H,26,27)(H,30,32)(H2,25,28,29). The highest BCUT2D eigenvalue weighted by Crippen LogP contribution is 2.47. The normalized spacial score (nSPS) is 14.0. The summed E-state index contributed by atoms with van der Waals surface area (Å²) in [6, 6.07) is 7.49. The van der Waals surface area contributed by atoms with E-state index in [1.807, 2.05) is 28.8 Å². The second kappa shape index (κ2) is 8.07. The van der Waals surface area contributed by atoms with E-state index in [0.717, 1.165) is 18.4 Å². The maximum atomic E-state index is 13.6. The Labute approximate surface area is 190 Å². The molecule has 0 bridgehead atoms. The summed E-state index contributed by atoms with van der Waals surface area (Å²) in [5, 5.41) is 3.48. The topological polar surface area (TPSA) is 124 Å². The summed E-state index contributed by atoms with van der Waals surface area (Å²) in [5.74, 6) is 6.17. The fourth-order valence-electron chi connectivity index (χ4n) is 3.90. The van der Waals surface area contributed by atoms with Crippen LogP contribution in [0.15, 0.2) is 43.1 Å². The predicted octanol–water partition coefficient (Wildman–Crippen LogP) is 3.04. The van der Waals surface area contributed by atoms with Gasteiger partial charge in [-0.1, -0.05) is 12.1 Å². The van der Waals surface area contributed by atoms with Gasteiger partial charge in [0.2, 0.25) is 0 Å². The van der Waals surface area contributed by atoms with Crippen molar-refractivity contribution in [2.75, 3.05) is 18.2 Å². The summed E-state index contributed by atoms with van der Waals surface area (Å²) in [4.78, 5) is 29.2. The molecule has 0 spiro atoms. The van der Waals surface area contributed by atoms with Crippen molar-refractivity contribution >= 4 is 28.4 Å². The number of carbonyl (C=O) groups is 1. The number of methoxy groups -OCH3 is 1. The maximum absolute atomic E-state index is 13.6.